The minimum Gasteiger partial charge on any atom is -0.870 e. The van der Waals surface area contributed by atoms with Crippen LogP contribution in [0, 0.1) is 7.43 Å². The normalized spacial score (nSPS) is 24.3. The molecule has 23 nitrogen and oxygen atoms in total. The first-order chi connectivity index (χ1) is 47.7. The maximum absolute atomic E-state index is 12.9. The Hall–Kier alpha value is -5.38. The predicted molar refractivity (Wildman–Crippen MR) is 406 cm³/mol. The van der Waals surface area contributed by atoms with Crippen LogP contribution in [0.5, 0.6) is 0 Å². The van der Waals surface area contributed by atoms with Crippen LogP contribution in [0.15, 0.2) is 121 Å². The molecule has 107 heavy (non-hydrogen) atoms. The van der Waals surface area contributed by atoms with Crippen molar-refractivity contribution >= 4 is 35.9 Å². The molecule has 5 heterocycles. The summed E-state index contributed by atoms with van der Waals surface area (Å²) >= 11 is 0. The standard InChI is InChI=1S/C21H31NO5.2C16H23NO3.C14H19NO3.C9H17NO3.3CH4.CH3.F2.Na.H2O.Pd.H2/c1-6-26-18(23)21(15-25-14-17-10-8-7-9-11-17)13-12-16(2)22(21)19(24)27-20(3,4)5;1-3-20-15(18)16(10-9-13(2)17-16)12-19-11-14-7-5-4-6-8-14;1-3-20-15(19)16(12-18)10-9-13(2)17(16)11-14-7-5-4-6-8-14;1-11-7-8-14(10-16,13(17)18)15(11)9-12-5-3-2-4-6-12;1-3-13-8(12)9(6-11)5-4-7(2)10-9;;;;;1-2;;;;/h7-11,16H,6,12-15H2,1-5H3;4-8,13,17H,3,9-12H2,1-2H3;4-8,13,18H,3,9-12H2,1-2H3;2-6,11,16H,7-10H2,1H3,(H,17,18);7,10-11H,3-6H2,1-2H3;3*1H4;1H3;;;1H2;;1H/q;;;;;;;;-1;;+1;;;/p-1. The van der Waals surface area contributed by atoms with Crippen molar-refractivity contribution in [2.24, 2.45) is 0 Å². The monoisotopic (exact) mass is 1620 g/mol. The third-order valence-corrected chi connectivity index (χ3v) is 18.8. The van der Waals surface area contributed by atoms with Crippen LogP contribution in [0.2, 0.25) is 0 Å². The molecule has 9 rings (SSSR count). The Morgan fingerprint density at radius 1 is 0.486 bits per heavy atom. The molecule has 4 aromatic carbocycles. The van der Waals surface area contributed by atoms with Crippen LogP contribution in [-0.2, 0) is 104 Å². The molecule has 10 unspecified atom stereocenters. The van der Waals surface area contributed by atoms with Crippen LogP contribution in [0.3, 0.4) is 0 Å². The number of hydrogen-bond acceptors (Lipinski definition) is 21. The van der Waals surface area contributed by atoms with Gasteiger partial charge in [0.05, 0.1) is 72.7 Å². The van der Waals surface area contributed by atoms with Gasteiger partial charge in [-0.1, -0.05) is 144 Å². The number of ether oxygens (including phenoxy) is 7. The fourth-order valence-corrected chi connectivity index (χ4v) is 13.4. The molecule has 5 aliphatic heterocycles. The number of benzene rings is 4. The number of aliphatic carboxylic acids is 1. The Morgan fingerprint density at radius 2 is 0.813 bits per heavy atom. The molecule has 10 atom stereocenters. The van der Waals surface area contributed by atoms with Crippen molar-refractivity contribution in [1.82, 2.24) is 25.3 Å². The van der Waals surface area contributed by atoms with E-state index in [2.05, 4.69) is 29.4 Å². The van der Waals surface area contributed by atoms with E-state index >= 15 is 0 Å². The first-order valence-corrected chi connectivity index (χ1v) is 35.1. The molecule has 0 bridgehead atoms. The summed E-state index contributed by atoms with van der Waals surface area (Å²) in [5.41, 5.74) is -0.991. The zero-order valence-corrected chi connectivity index (χ0v) is 67.2. The fraction of sp³-hybridized carbons (Fsp3) is 0.613. The third-order valence-electron chi connectivity index (χ3n) is 18.8. The third kappa shape index (κ3) is 30.7. The van der Waals surface area contributed by atoms with Gasteiger partial charge in [0.15, 0.2) is 5.54 Å². The first kappa shape index (κ1) is 108. The van der Waals surface area contributed by atoms with Crippen LogP contribution < -0.4 is 40.2 Å². The van der Waals surface area contributed by atoms with Crippen molar-refractivity contribution in [2.75, 3.05) is 59.5 Å². The molecular weight excluding hydrogens is 1490 g/mol. The van der Waals surface area contributed by atoms with Crippen LogP contribution >= 0.6 is 0 Å². The number of likely N-dealkylation sites (tertiary alicyclic amines) is 3. The van der Waals surface area contributed by atoms with Crippen molar-refractivity contribution in [2.45, 2.75) is 259 Å². The van der Waals surface area contributed by atoms with Gasteiger partial charge in [-0.3, -0.25) is 30.1 Å². The molecule has 4 aromatic rings. The van der Waals surface area contributed by atoms with Gasteiger partial charge in [0.25, 0.3) is 0 Å². The Morgan fingerprint density at radius 3 is 1.17 bits per heavy atom. The van der Waals surface area contributed by atoms with Gasteiger partial charge in [-0.05, 0) is 170 Å². The number of nitrogens with zero attached hydrogens (tertiary/aromatic N) is 3. The Labute approximate surface area is 675 Å². The van der Waals surface area contributed by atoms with Crippen LogP contribution in [0.25, 0.3) is 0 Å². The van der Waals surface area contributed by atoms with Crippen LogP contribution in [0.1, 0.15) is 193 Å². The molecule has 0 spiro atoms. The molecule has 0 saturated carbocycles. The van der Waals surface area contributed by atoms with Gasteiger partial charge in [0.2, 0.25) is 0 Å². The number of halogens is 2. The number of rotatable bonds is 24. The van der Waals surface area contributed by atoms with E-state index in [4.69, 9.17) is 47.4 Å². The minimum absolute atomic E-state index is 0. The summed E-state index contributed by atoms with van der Waals surface area (Å²) in [6, 6.07) is 40.4. The number of amides is 1. The number of carboxylic acid groups (broad SMARTS) is 1. The Balaban J connectivity index is -0.000000405. The molecule has 5 fully saturated rings. The van der Waals surface area contributed by atoms with Crippen molar-refractivity contribution in [1.29, 1.82) is 0 Å². The number of carboxylic acids is 1. The van der Waals surface area contributed by atoms with E-state index in [9.17, 15) is 44.1 Å². The van der Waals surface area contributed by atoms with Gasteiger partial charge in [0.1, 0.15) is 27.8 Å². The van der Waals surface area contributed by atoms with E-state index < -0.39 is 51.3 Å². The molecule has 0 aromatic heterocycles. The summed E-state index contributed by atoms with van der Waals surface area (Å²) in [7, 11) is 0. The Bertz CT molecular complexity index is 3100. The number of carbonyl (C=O) groups is 6. The SMILES string of the molecule is C.C.C.CC1CCC(CO)(C(=O)O)N1Cc1ccccc1.CCOC(=O)C1(CO)CCC(C)N1.CCOC(=O)C1(CO)CCC(C)N1Cc1ccccc1.CCOC(=O)C1(COCc2ccccc2)CCC(C)N1.CCOC(=O)C1(COCc2ccccc2)CCC(C)N1C(=O)OC(C)(C)C.FF.[CH3-].[HH].[Na+].[OH-].[Pd]. The van der Waals surface area contributed by atoms with Gasteiger partial charge < -0.3 is 66.5 Å². The maximum Gasteiger partial charge on any atom is 1.00 e. The van der Waals surface area contributed by atoms with Crippen LogP contribution in [0.4, 0.5) is 13.9 Å². The van der Waals surface area contributed by atoms with E-state index in [1.165, 1.54) is 4.90 Å². The molecule has 610 valence electrons. The second-order valence-electron chi connectivity index (χ2n) is 27.3. The first-order valence-electron chi connectivity index (χ1n) is 35.1. The molecule has 0 radical (unpaired) electrons. The van der Waals surface area contributed by atoms with E-state index in [0.717, 1.165) is 54.4 Å². The van der Waals surface area contributed by atoms with Gasteiger partial charge in [-0.25, -0.2) is 24.0 Å². The number of aliphatic hydroxyl groups is 3. The molecule has 5 aliphatic rings. The molecular formula is C80H131F2N5NaO18Pd-. The summed E-state index contributed by atoms with van der Waals surface area (Å²) in [6.45, 7) is 25.8. The number of nitrogens with one attached hydrogen (secondary N) is 2. The van der Waals surface area contributed by atoms with Gasteiger partial charge in [-0.15, -0.1) is 0 Å². The second-order valence-corrected chi connectivity index (χ2v) is 27.3. The van der Waals surface area contributed by atoms with Crippen LogP contribution in [-0.4, -0.2) is 200 Å². The molecule has 1 amide bonds. The molecule has 5 saturated heterocycles. The summed E-state index contributed by atoms with van der Waals surface area (Å²) in [5, 5.41) is 44.4. The second kappa shape index (κ2) is 53.5. The van der Waals surface area contributed by atoms with E-state index in [1.54, 1.807) is 20.8 Å². The van der Waals surface area contributed by atoms with Gasteiger partial charge >= 0.3 is 65.5 Å². The van der Waals surface area contributed by atoms with Crippen molar-refractivity contribution in [3.05, 3.63) is 151 Å². The average Bonchev–Trinajstić information content (AvgIpc) is 1.60. The van der Waals surface area contributed by atoms with Gasteiger partial charge in [0, 0.05) is 74.3 Å². The number of esters is 4. The van der Waals surface area contributed by atoms with E-state index in [0.29, 0.717) is 90.9 Å². The minimum atomic E-state index is -1.16. The number of hydrogen-bond donors (Lipinski definition) is 6. The fourth-order valence-electron chi connectivity index (χ4n) is 13.4. The Kier molecular flexibility index (Phi) is 54.0. The summed E-state index contributed by atoms with van der Waals surface area (Å²) < 4.78 is 53.8. The summed E-state index contributed by atoms with van der Waals surface area (Å²) in [6.07, 6.45) is 6.81. The largest absolute Gasteiger partial charge is 1.00 e. The number of aliphatic hydroxyl groups excluding tert-OH is 3. The zero-order chi connectivity index (χ0) is 74.2. The average molecular weight is 1620 g/mol. The van der Waals surface area contributed by atoms with E-state index in [1.807, 2.05) is 175 Å². The molecule has 27 heteroatoms. The summed E-state index contributed by atoms with van der Waals surface area (Å²) in [4.78, 5) is 78.8. The van der Waals surface area contributed by atoms with Crippen molar-refractivity contribution in [3.63, 3.8) is 0 Å². The van der Waals surface area contributed by atoms with Gasteiger partial charge in [-0.2, -0.15) is 0 Å². The quantitative estimate of drug-likeness (QED) is 0.0164. The van der Waals surface area contributed by atoms with Crippen molar-refractivity contribution < 1.29 is 148 Å². The van der Waals surface area contributed by atoms with E-state index in [-0.39, 0.29) is 162 Å². The maximum atomic E-state index is 12.9. The smallest absolute Gasteiger partial charge is 0.870 e. The predicted octanol–water partition coefficient (Wildman–Crippen LogP) is 9.98. The summed E-state index contributed by atoms with van der Waals surface area (Å²) in [5.74, 6) is -2.19. The van der Waals surface area contributed by atoms with Crippen molar-refractivity contribution in [3.8, 4) is 0 Å². The number of carbonyl (C=O) groups excluding carboxylic acids is 5. The molecule has 0 aliphatic carbocycles. The zero-order valence-electron chi connectivity index (χ0n) is 63.7. The topological polar surface area (TPSA) is 312 Å². The molecule has 7 N–H and O–H groups in total.